The van der Waals surface area contributed by atoms with Crippen molar-refractivity contribution < 1.29 is 4.79 Å². The van der Waals surface area contributed by atoms with Crippen molar-refractivity contribution in [1.82, 2.24) is 20.4 Å². The van der Waals surface area contributed by atoms with Gasteiger partial charge in [-0.2, -0.15) is 0 Å². The van der Waals surface area contributed by atoms with E-state index in [1.54, 1.807) is 0 Å². The predicted octanol–water partition coefficient (Wildman–Crippen LogP) is 2.60. The summed E-state index contributed by atoms with van der Waals surface area (Å²) in [6.45, 7) is 10.1. The van der Waals surface area contributed by atoms with Gasteiger partial charge in [-0.1, -0.05) is 32.6 Å². The number of nitrogens with one attached hydrogen (secondary N) is 2. The molecule has 0 spiro atoms. The molecule has 0 aromatic rings. The van der Waals surface area contributed by atoms with E-state index in [0.717, 1.165) is 57.9 Å². The second-order valence-corrected chi connectivity index (χ2v) is 8.75. The molecule has 0 radical (unpaired) electrons. The minimum Gasteiger partial charge on any atom is -0.357 e. The van der Waals surface area contributed by atoms with Gasteiger partial charge in [0.2, 0.25) is 5.91 Å². The quantitative estimate of drug-likeness (QED) is 0.540. The summed E-state index contributed by atoms with van der Waals surface area (Å²) in [5.41, 5.74) is 0. The van der Waals surface area contributed by atoms with Gasteiger partial charge in [0.05, 0.1) is 6.54 Å². The van der Waals surface area contributed by atoms with E-state index in [4.69, 9.17) is 4.99 Å². The molecule has 0 aromatic heterocycles. The number of aliphatic imine (C=N–C) groups is 1. The Morgan fingerprint density at radius 1 is 1.00 bits per heavy atom. The van der Waals surface area contributed by atoms with Gasteiger partial charge in [0.1, 0.15) is 0 Å². The molecule has 2 unspecified atom stereocenters. The Bertz CT molecular complexity index is 517. The molecule has 3 rings (SSSR count). The van der Waals surface area contributed by atoms with Gasteiger partial charge < -0.3 is 15.5 Å². The third kappa shape index (κ3) is 5.85. The normalized spacial score (nSPS) is 27.8. The van der Waals surface area contributed by atoms with E-state index in [-0.39, 0.29) is 5.92 Å². The Morgan fingerprint density at radius 2 is 1.79 bits per heavy atom. The number of hydrogen-bond donors (Lipinski definition) is 2. The average molecular weight is 392 g/mol. The fourth-order valence-corrected chi connectivity index (χ4v) is 5.08. The van der Waals surface area contributed by atoms with Gasteiger partial charge >= 0.3 is 0 Å². The maximum atomic E-state index is 12.8. The summed E-state index contributed by atoms with van der Waals surface area (Å²) < 4.78 is 0. The highest BCUT2D eigenvalue weighted by molar-refractivity contribution is 5.81. The Balaban J connectivity index is 1.50. The molecule has 160 valence electrons. The number of amides is 1. The number of carbonyl (C=O) groups is 1. The first-order chi connectivity index (χ1) is 13.7. The number of hydrogen-bond acceptors (Lipinski definition) is 3. The number of nitrogens with zero attached hydrogens (tertiary/aromatic N) is 3. The molecule has 3 aliphatic rings. The highest BCUT2D eigenvalue weighted by Crippen LogP contribution is 2.26. The van der Waals surface area contributed by atoms with Crippen LogP contribution in [0.1, 0.15) is 71.6 Å². The Kier molecular flexibility index (Phi) is 8.44. The van der Waals surface area contributed by atoms with Gasteiger partial charge in [-0.25, -0.2) is 0 Å². The van der Waals surface area contributed by atoms with Crippen molar-refractivity contribution in [3.8, 4) is 0 Å². The summed E-state index contributed by atoms with van der Waals surface area (Å²) in [5, 5.41) is 7.01. The zero-order valence-electron chi connectivity index (χ0n) is 18.1. The minimum atomic E-state index is 0.278. The van der Waals surface area contributed by atoms with E-state index >= 15 is 0 Å². The lowest BCUT2D eigenvalue weighted by molar-refractivity contribution is -0.135. The van der Waals surface area contributed by atoms with E-state index in [2.05, 4.69) is 34.3 Å². The minimum absolute atomic E-state index is 0.278. The standard InChI is InChI=1S/C22H41N5O/c1-3-23-22(24-16-20-12-8-9-14-26(20)4-2)25-19-13-15-27(17-19)21(28)18-10-6-5-7-11-18/h18-20H,3-17H2,1-2H3,(H2,23,24,25). The molecule has 0 aromatic carbocycles. The van der Waals surface area contributed by atoms with Crippen LogP contribution in [0.2, 0.25) is 0 Å². The third-order valence-electron chi connectivity index (χ3n) is 6.75. The maximum Gasteiger partial charge on any atom is 0.225 e. The summed E-state index contributed by atoms with van der Waals surface area (Å²) in [4.78, 5) is 22.4. The molecule has 2 atom stereocenters. The zero-order chi connectivity index (χ0) is 19.8. The van der Waals surface area contributed by atoms with Crippen LogP contribution >= 0.6 is 0 Å². The van der Waals surface area contributed by atoms with Gasteiger partial charge in [0.25, 0.3) is 0 Å². The summed E-state index contributed by atoms with van der Waals surface area (Å²) in [6.07, 6.45) is 10.8. The van der Waals surface area contributed by atoms with Crippen molar-refractivity contribution in [3.63, 3.8) is 0 Å². The number of piperidine rings is 1. The second kappa shape index (κ2) is 11.0. The topological polar surface area (TPSA) is 60.0 Å². The molecule has 1 amide bonds. The monoisotopic (exact) mass is 391 g/mol. The van der Waals surface area contributed by atoms with Gasteiger partial charge in [-0.05, 0) is 52.1 Å². The number of guanidine groups is 1. The van der Waals surface area contributed by atoms with E-state index in [1.165, 1.54) is 45.1 Å². The van der Waals surface area contributed by atoms with Gasteiger partial charge in [0.15, 0.2) is 5.96 Å². The third-order valence-corrected chi connectivity index (χ3v) is 6.75. The summed E-state index contributed by atoms with van der Waals surface area (Å²) in [7, 11) is 0. The summed E-state index contributed by atoms with van der Waals surface area (Å²) in [6, 6.07) is 0.890. The smallest absolute Gasteiger partial charge is 0.225 e. The van der Waals surface area contributed by atoms with E-state index in [9.17, 15) is 4.79 Å². The van der Waals surface area contributed by atoms with Crippen LogP contribution in [0.4, 0.5) is 0 Å². The van der Waals surface area contributed by atoms with Crippen molar-refractivity contribution in [2.75, 3.05) is 39.3 Å². The molecule has 28 heavy (non-hydrogen) atoms. The van der Waals surface area contributed by atoms with Crippen molar-refractivity contribution in [1.29, 1.82) is 0 Å². The predicted molar refractivity (Wildman–Crippen MR) is 116 cm³/mol. The molecule has 6 nitrogen and oxygen atoms in total. The lowest BCUT2D eigenvalue weighted by atomic mass is 9.88. The molecule has 0 bridgehead atoms. The van der Waals surface area contributed by atoms with Crippen LogP contribution in [0.25, 0.3) is 0 Å². The molecule has 2 saturated heterocycles. The Morgan fingerprint density at radius 3 is 2.54 bits per heavy atom. The fourth-order valence-electron chi connectivity index (χ4n) is 5.08. The van der Waals surface area contributed by atoms with Crippen LogP contribution in [0.3, 0.4) is 0 Å². The number of carbonyl (C=O) groups excluding carboxylic acids is 1. The van der Waals surface area contributed by atoms with Crippen LogP contribution in [0.5, 0.6) is 0 Å². The SMILES string of the molecule is CCNC(=NCC1CCCCN1CC)NC1CCN(C(=O)C2CCCCC2)C1. The molecule has 1 aliphatic carbocycles. The fraction of sp³-hybridized carbons (Fsp3) is 0.909. The number of likely N-dealkylation sites (N-methyl/N-ethyl adjacent to an activating group) is 1. The Labute approximate surface area is 171 Å². The van der Waals surface area contributed by atoms with Gasteiger partial charge in [-0.3, -0.25) is 14.7 Å². The molecular weight excluding hydrogens is 350 g/mol. The lowest BCUT2D eigenvalue weighted by Crippen LogP contribution is -2.47. The molecule has 2 aliphatic heterocycles. The molecule has 3 fully saturated rings. The highest BCUT2D eigenvalue weighted by Gasteiger charge is 2.32. The average Bonchev–Trinajstić information content (AvgIpc) is 3.21. The number of likely N-dealkylation sites (tertiary alicyclic amines) is 2. The van der Waals surface area contributed by atoms with Crippen LogP contribution in [0.15, 0.2) is 4.99 Å². The van der Waals surface area contributed by atoms with Crippen LogP contribution in [-0.2, 0) is 4.79 Å². The van der Waals surface area contributed by atoms with Gasteiger partial charge in [0, 0.05) is 37.6 Å². The second-order valence-electron chi connectivity index (χ2n) is 8.75. The first-order valence-electron chi connectivity index (χ1n) is 11.8. The molecule has 1 saturated carbocycles. The van der Waals surface area contributed by atoms with Crippen LogP contribution in [-0.4, -0.2) is 73.0 Å². The number of rotatable bonds is 6. The molecule has 2 heterocycles. The summed E-state index contributed by atoms with van der Waals surface area (Å²) >= 11 is 0. The highest BCUT2D eigenvalue weighted by atomic mass is 16.2. The largest absolute Gasteiger partial charge is 0.357 e. The van der Waals surface area contributed by atoms with Crippen LogP contribution < -0.4 is 10.6 Å². The van der Waals surface area contributed by atoms with Crippen LogP contribution in [0, 0.1) is 5.92 Å². The van der Waals surface area contributed by atoms with E-state index in [0.29, 0.717) is 18.0 Å². The first-order valence-corrected chi connectivity index (χ1v) is 11.8. The van der Waals surface area contributed by atoms with E-state index in [1.807, 2.05) is 0 Å². The molecule has 6 heteroatoms. The van der Waals surface area contributed by atoms with Crippen molar-refractivity contribution in [3.05, 3.63) is 0 Å². The lowest BCUT2D eigenvalue weighted by Gasteiger charge is -2.34. The van der Waals surface area contributed by atoms with Crippen molar-refractivity contribution in [2.45, 2.75) is 83.7 Å². The van der Waals surface area contributed by atoms with Gasteiger partial charge in [-0.15, -0.1) is 0 Å². The van der Waals surface area contributed by atoms with Crippen molar-refractivity contribution in [2.24, 2.45) is 10.9 Å². The maximum absolute atomic E-state index is 12.8. The Hall–Kier alpha value is -1.30. The molecule has 2 N–H and O–H groups in total. The summed E-state index contributed by atoms with van der Waals surface area (Å²) in [5.74, 6) is 1.59. The first kappa shape index (κ1) is 21.4. The van der Waals surface area contributed by atoms with E-state index < -0.39 is 0 Å². The van der Waals surface area contributed by atoms with Crippen molar-refractivity contribution >= 4 is 11.9 Å². The zero-order valence-corrected chi connectivity index (χ0v) is 18.1. The molecular formula is C22H41N5O.